The number of likely N-dealkylation sites (N-methyl/N-ethyl adjacent to an activating group) is 1. The van der Waals surface area contributed by atoms with Crippen molar-refractivity contribution in [2.75, 3.05) is 39.2 Å². The van der Waals surface area contributed by atoms with Crippen LogP contribution in [0.2, 0.25) is 0 Å². The molecule has 1 unspecified atom stereocenters. The highest BCUT2D eigenvalue weighted by Crippen LogP contribution is 2.25. The summed E-state index contributed by atoms with van der Waals surface area (Å²) in [5.74, 6) is 1.92. The molecule has 0 saturated carbocycles. The third-order valence-electron chi connectivity index (χ3n) is 3.95. The van der Waals surface area contributed by atoms with E-state index >= 15 is 0 Å². The van der Waals surface area contributed by atoms with Gasteiger partial charge in [-0.25, -0.2) is 9.97 Å². The van der Waals surface area contributed by atoms with Crippen molar-refractivity contribution in [3.63, 3.8) is 0 Å². The number of rotatable bonds is 4. The molecule has 0 aromatic carbocycles. The zero-order valence-electron chi connectivity index (χ0n) is 14.2. The van der Waals surface area contributed by atoms with E-state index in [-0.39, 0.29) is 5.41 Å². The highest BCUT2D eigenvalue weighted by molar-refractivity contribution is 5.42. The second-order valence-electron chi connectivity index (χ2n) is 7.08. The van der Waals surface area contributed by atoms with Crippen molar-refractivity contribution in [1.82, 2.24) is 14.9 Å². The van der Waals surface area contributed by atoms with Crippen LogP contribution in [0.25, 0.3) is 0 Å². The maximum Gasteiger partial charge on any atom is 0.136 e. The van der Waals surface area contributed by atoms with E-state index in [0.29, 0.717) is 12.6 Å². The standard InChI is InChI=1S/C16H28N4O/c1-16(2,3)15-17-12(11-21-6)9-14(18-15)20-8-7-13(10-20)19(4)5/h9,13H,7-8,10-11H2,1-6H3. The largest absolute Gasteiger partial charge is 0.378 e. The van der Waals surface area contributed by atoms with Crippen LogP contribution in [-0.2, 0) is 16.8 Å². The van der Waals surface area contributed by atoms with Gasteiger partial charge < -0.3 is 14.5 Å². The molecule has 0 aliphatic carbocycles. The fraction of sp³-hybridized carbons (Fsp3) is 0.750. The molecule has 1 saturated heterocycles. The number of nitrogens with zero attached hydrogens (tertiary/aromatic N) is 4. The molecule has 0 spiro atoms. The Kier molecular flexibility index (Phi) is 4.84. The summed E-state index contributed by atoms with van der Waals surface area (Å²) < 4.78 is 5.26. The topological polar surface area (TPSA) is 41.5 Å². The average molecular weight is 292 g/mol. The minimum absolute atomic E-state index is 0.0564. The van der Waals surface area contributed by atoms with E-state index in [2.05, 4.69) is 55.7 Å². The fourth-order valence-corrected chi connectivity index (χ4v) is 2.57. The molecule has 2 heterocycles. The molecule has 1 aliphatic rings. The molecule has 1 aliphatic heterocycles. The van der Waals surface area contributed by atoms with Crippen LogP contribution in [-0.4, -0.2) is 55.2 Å². The summed E-state index contributed by atoms with van der Waals surface area (Å²) >= 11 is 0. The molecule has 2 rings (SSSR count). The van der Waals surface area contributed by atoms with Gasteiger partial charge in [0.1, 0.15) is 11.6 Å². The molecule has 21 heavy (non-hydrogen) atoms. The SMILES string of the molecule is COCc1cc(N2CCC(N(C)C)C2)nc(C(C)(C)C)n1. The van der Waals surface area contributed by atoms with E-state index in [1.54, 1.807) is 7.11 Å². The van der Waals surface area contributed by atoms with Crippen molar-refractivity contribution < 1.29 is 4.74 Å². The third kappa shape index (κ3) is 3.92. The maximum absolute atomic E-state index is 5.26. The first-order valence-corrected chi connectivity index (χ1v) is 7.60. The first kappa shape index (κ1) is 16.2. The molecule has 1 atom stereocenters. The highest BCUT2D eigenvalue weighted by atomic mass is 16.5. The van der Waals surface area contributed by atoms with Crippen molar-refractivity contribution in [2.24, 2.45) is 0 Å². The number of aromatic nitrogens is 2. The van der Waals surface area contributed by atoms with Gasteiger partial charge in [0, 0.05) is 37.7 Å². The first-order chi connectivity index (χ1) is 9.81. The number of anilines is 1. The Balaban J connectivity index is 2.28. The molecule has 0 N–H and O–H groups in total. The second-order valence-corrected chi connectivity index (χ2v) is 7.08. The van der Waals surface area contributed by atoms with Crippen LogP contribution in [0.4, 0.5) is 5.82 Å². The van der Waals surface area contributed by atoms with Crippen LogP contribution >= 0.6 is 0 Å². The molecule has 0 amide bonds. The van der Waals surface area contributed by atoms with Crippen LogP contribution in [0.1, 0.15) is 38.7 Å². The van der Waals surface area contributed by atoms with Crippen molar-refractivity contribution in [1.29, 1.82) is 0 Å². The lowest BCUT2D eigenvalue weighted by molar-refractivity contribution is 0.181. The molecule has 5 heteroatoms. The van der Waals surface area contributed by atoms with E-state index < -0.39 is 0 Å². The van der Waals surface area contributed by atoms with Crippen molar-refractivity contribution in [2.45, 2.75) is 45.3 Å². The van der Waals surface area contributed by atoms with Crippen LogP contribution < -0.4 is 4.90 Å². The lowest BCUT2D eigenvalue weighted by Crippen LogP contribution is -2.32. The summed E-state index contributed by atoms with van der Waals surface area (Å²) in [5.41, 5.74) is 0.903. The van der Waals surface area contributed by atoms with Crippen LogP contribution in [0.5, 0.6) is 0 Å². The van der Waals surface area contributed by atoms with Crippen molar-refractivity contribution >= 4 is 5.82 Å². The van der Waals surface area contributed by atoms with Crippen LogP contribution in [0, 0.1) is 0 Å². The van der Waals surface area contributed by atoms with E-state index in [1.165, 1.54) is 6.42 Å². The smallest absolute Gasteiger partial charge is 0.136 e. The molecule has 118 valence electrons. The lowest BCUT2D eigenvalue weighted by Gasteiger charge is -2.24. The summed E-state index contributed by atoms with van der Waals surface area (Å²) in [7, 11) is 5.99. The Bertz CT molecular complexity index is 482. The average Bonchev–Trinajstić information content (AvgIpc) is 2.87. The number of ether oxygens (including phenoxy) is 1. The Hall–Kier alpha value is -1.20. The normalized spacial score (nSPS) is 19.6. The van der Waals surface area contributed by atoms with E-state index in [0.717, 1.165) is 30.4 Å². The minimum atomic E-state index is -0.0564. The molecular weight excluding hydrogens is 264 g/mol. The third-order valence-corrected chi connectivity index (χ3v) is 3.95. The zero-order chi connectivity index (χ0) is 15.6. The van der Waals surface area contributed by atoms with Gasteiger partial charge in [-0.1, -0.05) is 20.8 Å². The summed E-state index contributed by atoms with van der Waals surface area (Å²) in [6.07, 6.45) is 1.18. The molecule has 0 bridgehead atoms. The predicted octanol–water partition coefficient (Wildman–Crippen LogP) is 2.06. The summed E-state index contributed by atoms with van der Waals surface area (Å²) in [6, 6.07) is 2.67. The minimum Gasteiger partial charge on any atom is -0.378 e. The van der Waals surface area contributed by atoms with Gasteiger partial charge in [-0.2, -0.15) is 0 Å². The number of hydrogen-bond donors (Lipinski definition) is 0. The Morgan fingerprint density at radius 3 is 2.57 bits per heavy atom. The fourth-order valence-electron chi connectivity index (χ4n) is 2.57. The number of methoxy groups -OCH3 is 1. The Morgan fingerprint density at radius 2 is 2.05 bits per heavy atom. The second kappa shape index (κ2) is 6.28. The predicted molar refractivity (Wildman–Crippen MR) is 85.8 cm³/mol. The number of hydrogen-bond acceptors (Lipinski definition) is 5. The molecule has 0 radical (unpaired) electrons. The maximum atomic E-state index is 5.26. The van der Waals surface area contributed by atoms with Crippen molar-refractivity contribution in [3.8, 4) is 0 Å². The van der Waals surface area contributed by atoms with Gasteiger partial charge in [0.15, 0.2) is 0 Å². The quantitative estimate of drug-likeness (QED) is 0.849. The van der Waals surface area contributed by atoms with Gasteiger partial charge in [0.2, 0.25) is 0 Å². The lowest BCUT2D eigenvalue weighted by atomic mass is 9.95. The van der Waals surface area contributed by atoms with Crippen LogP contribution in [0.3, 0.4) is 0 Å². The summed E-state index contributed by atoms with van der Waals surface area (Å²) in [4.78, 5) is 14.1. The van der Waals surface area contributed by atoms with Crippen LogP contribution in [0.15, 0.2) is 6.07 Å². The Labute approximate surface area is 128 Å². The summed E-state index contributed by atoms with van der Waals surface area (Å²) in [5, 5.41) is 0. The van der Waals surface area contributed by atoms with Crippen molar-refractivity contribution in [3.05, 3.63) is 17.6 Å². The van der Waals surface area contributed by atoms with Gasteiger partial charge in [-0.05, 0) is 20.5 Å². The molecular formula is C16H28N4O. The van der Waals surface area contributed by atoms with Gasteiger partial charge in [-0.15, -0.1) is 0 Å². The van der Waals surface area contributed by atoms with Gasteiger partial charge in [0.25, 0.3) is 0 Å². The first-order valence-electron chi connectivity index (χ1n) is 7.60. The molecule has 1 fully saturated rings. The van der Waals surface area contributed by atoms with Gasteiger partial charge in [0.05, 0.1) is 12.3 Å². The van der Waals surface area contributed by atoms with E-state index in [9.17, 15) is 0 Å². The Morgan fingerprint density at radius 1 is 1.33 bits per heavy atom. The van der Waals surface area contributed by atoms with Gasteiger partial charge >= 0.3 is 0 Å². The monoisotopic (exact) mass is 292 g/mol. The summed E-state index contributed by atoms with van der Waals surface area (Å²) in [6.45, 7) is 9.05. The molecule has 1 aromatic heterocycles. The molecule has 5 nitrogen and oxygen atoms in total. The van der Waals surface area contributed by atoms with Gasteiger partial charge in [-0.3, -0.25) is 0 Å². The highest BCUT2D eigenvalue weighted by Gasteiger charge is 2.27. The zero-order valence-corrected chi connectivity index (χ0v) is 14.2. The van der Waals surface area contributed by atoms with E-state index in [1.807, 2.05) is 0 Å². The molecule has 1 aromatic rings. The van der Waals surface area contributed by atoms with E-state index in [4.69, 9.17) is 9.72 Å².